The Labute approximate surface area is 90.7 Å². The Kier molecular flexibility index (Phi) is 3.93. The van der Waals surface area contributed by atoms with Crippen LogP contribution in [0.3, 0.4) is 0 Å². The number of aliphatic carboxylic acids is 1. The molecule has 0 amide bonds. The van der Waals surface area contributed by atoms with E-state index in [2.05, 4.69) is 0 Å². The lowest BCUT2D eigenvalue weighted by atomic mass is 10.1. The first-order chi connectivity index (χ1) is 7.50. The number of hydrogen-bond donors (Lipinski definition) is 1. The van der Waals surface area contributed by atoms with Crippen LogP contribution in [0, 0.1) is 15.9 Å². The standard InChI is InChI=1S/C10H10FNO4/c11-8-4-5-9(12(15)16)7(6-8)2-1-3-10(13)14/h4-6H,1-3H2,(H,13,14). The molecule has 16 heavy (non-hydrogen) atoms. The van der Waals surface area contributed by atoms with Crippen LogP contribution in [0.15, 0.2) is 18.2 Å². The van der Waals surface area contributed by atoms with Gasteiger partial charge in [0, 0.05) is 18.1 Å². The Balaban J connectivity index is 2.80. The van der Waals surface area contributed by atoms with Gasteiger partial charge in [0.25, 0.3) is 5.69 Å². The summed E-state index contributed by atoms with van der Waals surface area (Å²) in [7, 11) is 0. The summed E-state index contributed by atoms with van der Waals surface area (Å²) in [5, 5.41) is 19.0. The lowest BCUT2D eigenvalue weighted by molar-refractivity contribution is -0.385. The second-order valence-electron chi connectivity index (χ2n) is 3.28. The Morgan fingerprint density at radius 1 is 1.50 bits per heavy atom. The minimum atomic E-state index is -0.973. The number of carboxylic acids is 1. The van der Waals surface area contributed by atoms with E-state index in [-0.39, 0.29) is 30.5 Å². The van der Waals surface area contributed by atoms with E-state index in [0.29, 0.717) is 0 Å². The molecule has 0 radical (unpaired) electrons. The minimum absolute atomic E-state index is 0.0896. The molecule has 5 nitrogen and oxygen atoms in total. The van der Waals surface area contributed by atoms with Gasteiger partial charge in [-0.05, 0) is 25.0 Å². The second kappa shape index (κ2) is 5.20. The quantitative estimate of drug-likeness (QED) is 0.617. The maximum atomic E-state index is 12.9. The average molecular weight is 227 g/mol. The molecule has 0 aliphatic carbocycles. The van der Waals surface area contributed by atoms with E-state index < -0.39 is 16.7 Å². The number of nitro benzene ring substituents is 1. The van der Waals surface area contributed by atoms with Crippen molar-refractivity contribution in [3.63, 3.8) is 0 Å². The number of carboxylic acid groups (broad SMARTS) is 1. The number of nitro groups is 1. The molecule has 86 valence electrons. The molecule has 1 rings (SSSR count). The third-order valence-electron chi connectivity index (χ3n) is 2.07. The molecule has 0 atom stereocenters. The van der Waals surface area contributed by atoms with Crippen LogP contribution in [0.4, 0.5) is 10.1 Å². The summed E-state index contributed by atoms with van der Waals surface area (Å²) < 4.78 is 12.9. The molecule has 0 aliphatic heterocycles. The molecule has 0 saturated carbocycles. The SMILES string of the molecule is O=C(O)CCCc1cc(F)ccc1[N+](=O)[O-]. The predicted molar refractivity (Wildman–Crippen MR) is 53.6 cm³/mol. The van der Waals surface area contributed by atoms with Crippen molar-refractivity contribution in [1.82, 2.24) is 0 Å². The molecule has 0 saturated heterocycles. The van der Waals surface area contributed by atoms with E-state index in [0.717, 1.165) is 18.2 Å². The Morgan fingerprint density at radius 3 is 2.75 bits per heavy atom. The van der Waals surface area contributed by atoms with Crippen LogP contribution in [0.25, 0.3) is 0 Å². The fourth-order valence-electron chi connectivity index (χ4n) is 1.36. The zero-order valence-electron chi connectivity index (χ0n) is 8.35. The summed E-state index contributed by atoms with van der Waals surface area (Å²) in [6.07, 6.45) is 0.341. The van der Waals surface area contributed by atoms with Gasteiger partial charge in [-0.3, -0.25) is 14.9 Å². The van der Waals surface area contributed by atoms with Gasteiger partial charge in [0.05, 0.1) is 4.92 Å². The van der Waals surface area contributed by atoms with Crippen molar-refractivity contribution in [2.45, 2.75) is 19.3 Å². The van der Waals surface area contributed by atoms with Crippen LogP contribution >= 0.6 is 0 Å². The molecule has 0 aliphatic rings. The third-order valence-corrected chi connectivity index (χ3v) is 2.07. The highest BCUT2D eigenvalue weighted by Crippen LogP contribution is 2.21. The van der Waals surface area contributed by atoms with E-state index in [1.54, 1.807) is 0 Å². The van der Waals surface area contributed by atoms with Gasteiger partial charge in [0.15, 0.2) is 0 Å². The number of nitrogens with zero attached hydrogens (tertiary/aromatic N) is 1. The first-order valence-electron chi connectivity index (χ1n) is 4.65. The van der Waals surface area contributed by atoms with Crippen LogP contribution in [-0.2, 0) is 11.2 Å². The fraction of sp³-hybridized carbons (Fsp3) is 0.300. The Bertz CT molecular complexity index is 419. The smallest absolute Gasteiger partial charge is 0.303 e. The molecule has 0 fully saturated rings. The zero-order valence-corrected chi connectivity index (χ0v) is 8.35. The largest absolute Gasteiger partial charge is 0.481 e. The molecule has 1 aromatic carbocycles. The molecule has 0 heterocycles. The summed E-state index contributed by atoms with van der Waals surface area (Å²) in [4.78, 5) is 20.3. The molecule has 0 bridgehead atoms. The number of rotatable bonds is 5. The maximum Gasteiger partial charge on any atom is 0.303 e. The first kappa shape index (κ1) is 12.1. The number of halogens is 1. The minimum Gasteiger partial charge on any atom is -0.481 e. The van der Waals surface area contributed by atoms with Crippen LogP contribution in [0.5, 0.6) is 0 Å². The van der Waals surface area contributed by atoms with Crippen LogP contribution < -0.4 is 0 Å². The van der Waals surface area contributed by atoms with E-state index in [1.807, 2.05) is 0 Å². The average Bonchev–Trinajstić information content (AvgIpc) is 2.16. The monoisotopic (exact) mass is 227 g/mol. The van der Waals surface area contributed by atoms with Crippen molar-refractivity contribution in [3.05, 3.63) is 39.7 Å². The van der Waals surface area contributed by atoms with E-state index in [4.69, 9.17) is 5.11 Å². The predicted octanol–water partition coefficient (Wildman–Crippen LogP) is 2.14. The molecule has 1 aromatic rings. The summed E-state index contributed by atoms with van der Waals surface area (Å²) >= 11 is 0. The van der Waals surface area contributed by atoms with Gasteiger partial charge in [-0.1, -0.05) is 0 Å². The third kappa shape index (κ3) is 3.30. The van der Waals surface area contributed by atoms with Gasteiger partial charge in [-0.2, -0.15) is 0 Å². The number of aryl methyl sites for hydroxylation is 1. The van der Waals surface area contributed by atoms with Crippen molar-refractivity contribution < 1.29 is 19.2 Å². The van der Waals surface area contributed by atoms with Gasteiger partial charge >= 0.3 is 5.97 Å². The highest BCUT2D eigenvalue weighted by molar-refractivity contribution is 5.66. The first-order valence-corrected chi connectivity index (χ1v) is 4.65. The van der Waals surface area contributed by atoms with Crippen molar-refractivity contribution in [2.24, 2.45) is 0 Å². The van der Waals surface area contributed by atoms with Gasteiger partial charge < -0.3 is 5.11 Å². The van der Waals surface area contributed by atoms with E-state index in [9.17, 15) is 19.3 Å². The number of benzene rings is 1. The maximum absolute atomic E-state index is 12.9. The molecule has 6 heteroatoms. The zero-order chi connectivity index (χ0) is 12.1. The van der Waals surface area contributed by atoms with E-state index >= 15 is 0 Å². The Morgan fingerprint density at radius 2 is 2.19 bits per heavy atom. The molecular formula is C10H10FNO4. The highest BCUT2D eigenvalue weighted by Gasteiger charge is 2.14. The lowest BCUT2D eigenvalue weighted by Gasteiger charge is -2.01. The van der Waals surface area contributed by atoms with E-state index in [1.165, 1.54) is 0 Å². The van der Waals surface area contributed by atoms with Gasteiger partial charge in [0.1, 0.15) is 5.82 Å². The van der Waals surface area contributed by atoms with Crippen molar-refractivity contribution in [3.8, 4) is 0 Å². The Hall–Kier alpha value is -1.98. The summed E-state index contributed by atoms with van der Waals surface area (Å²) in [5.74, 6) is -1.53. The van der Waals surface area contributed by atoms with Crippen LogP contribution in [0.2, 0.25) is 0 Å². The van der Waals surface area contributed by atoms with Gasteiger partial charge in [-0.25, -0.2) is 4.39 Å². The van der Waals surface area contributed by atoms with Crippen LogP contribution in [0.1, 0.15) is 18.4 Å². The number of hydrogen-bond acceptors (Lipinski definition) is 3. The van der Waals surface area contributed by atoms with Gasteiger partial charge in [-0.15, -0.1) is 0 Å². The topological polar surface area (TPSA) is 80.4 Å². The molecule has 0 unspecified atom stereocenters. The number of carbonyl (C=O) groups is 1. The van der Waals surface area contributed by atoms with Crippen molar-refractivity contribution in [1.29, 1.82) is 0 Å². The van der Waals surface area contributed by atoms with Gasteiger partial charge in [0.2, 0.25) is 0 Å². The summed E-state index contributed by atoms with van der Waals surface area (Å²) in [5.41, 5.74) is 0.0537. The molecule has 1 N–H and O–H groups in total. The van der Waals surface area contributed by atoms with Crippen LogP contribution in [-0.4, -0.2) is 16.0 Å². The molecular weight excluding hydrogens is 217 g/mol. The summed E-state index contributed by atoms with van der Waals surface area (Å²) in [6, 6.07) is 3.17. The normalized spacial score (nSPS) is 10.1. The van der Waals surface area contributed by atoms with Crippen molar-refractivity contribution in [2.75, 3.05) is 0 Å². The summed E-state index contributed by atoms with van der Waals surface area (Å²) in [6.45, 7) is 0. The lowest BCUT2D eigenvalue weighted by Crippen LogP contribution is -1.99. The molecule has 0 aromatic heterocycles. The molecule has 0 spiro atoms. The fourth-order valence-corrected chi connectivity index (χ4v) is 1.36. The highest BCUT2D eigenvalue weighted by atomic mass is 19.1. The van der Waals surface area contributed by atoms with Crippen molar-refractivity contribution >= 4 is 11.7 Å². The second-order valence-corrected chi connectivity index (χ2v) is 3.28.